The van der Waals surface area contributed by atoms with Gasteiger partial charge in [-0.1, -0.05) is 38.1 Å². The molecular formula is C14H18N2S. The number of rotatable bonds is 3. The Morgan fingerprint density at radius 2 is 1.88 bits per heavy atom. The first-order valence-electron chi connectivity index (χ1n) is 5.87. The molecule has 0 fully saturated rings. The topological polar surface area (TPSA) is 38.9 Å². The van der Waals surface area contributed by atoms with Gasteiger partial charge in [0.15, 0.2) is 5.13 Å². The van der Waals surface area contributed by atoms with E-state index in [2.05, 4.69) is 50.0 Å². The zero-order chi connectivity index (χ0) is 12.4. The summed E-state index contributed by atoms with van der Waals surface area (Å²) in [5, 5.41) is 0.663. The number of aromatic nitrogens is 1. The number of hydrogen-bond donors (Lipinski definition) is 1. The summed E-state index contributed by atoms with van der Waals surface area (Å²) in [4.78, 5) is 5.58. The summed E-state index contributed by atoms with van der Waals surface area (Å²) in [6, 6.07) is 8.77. The summed E-state index contributed by atoms with van der Waals surface area (Å²) in [5.74, 6) is 0.584. The van der Waals surface area contributed by atoms with E-state index in [1.165, 1.54) is 16.0 Å². The SMILES string of the molecule is Cc1sc(N)nc1Cc1ccc(C(C)C)cc1. The molecule has 0 aliphatic heterocycles. The minimum absolute atomic E-state index is 0.584. The minimum atomic E-state index is 0.584. The molecule has 17 heavy (non-hydrogen) atoms. The Kier molecular flexibility index (Phi) is 3.48. The van der Waals surface area contributed by atoms with Crippen molar-refractivity contribution in [2.24, 2.45) is 0 Å². The lowest BCUT2D eigenvalue weighted by atomic mass is 10.0. The quantitative estimate of drug-likeness (QED) is 0.895. The fourth-order valence-electron chi connectivity index (χ4n) is 1.83. The third kappa shape index (κ3) is 2.86. The van der Waals surface area contributed by atoms with Crippen LogP contribution in [0.3, 0.4) is 0 Å². The molecule has 0 atom stereocenters. The normalized spacial score (nSPS) is 11.1. The van der Waals surface area contributed by atoms with Gasteiger partial charge in [0.25, 0.3) is 0 Å². The van der Waals surface area contributed by atoms with E-state index in [-0.39, 0.29) is 0 Å². The highest BCUT2D eigenvalue weighted by Gasteiger charge is 2.06. The lowest BCUT2D eigenvalue weighted by molar-refractivity contribution is 0.865. The predicted octanol–water partition coefficient (Wildman–Crippen LogP) is 3.75. The van der Waals surface area contributed by atoms with E-state index in [0.717, 1.165) is 12.1 Å². The monoisotopic (exact) mass is 246 g/mol. The summed E-state index contributed by atoms with van der Waals surface area (Å²) in [6.07, 6.45) is 0.873. The highest BCUT2D eigenvalue weighted by atomic mass is 32.1. The second-order valence-electron chi connectivity index (χ2n) is 4.63. The Morgan fingerprint density at radius 1 is 1.24 bits per heavy atom. The maximum Gasteiger partial charge on any atom is 0.180 e. The molecule has 0 saturated heterocycles. The first-order valence-corrected chi connectivity index (χ1v) is 6.68. The first-order chi connectivity index (χ1) is 8.06. The van der Waals surface area contributed by atoms with Gasteiger partial charge in [-0.25, -0.2) is 4.98 Å². The molecule has 2 rings (SSSR count). The first kappa shape index (κ1) is 12.1. The molecule has 1 heterocycles. The minimum Gasteiger partial charge on any atom is -0.375 e. The average Bonchev–Trinajstić information content (AvgIpc) is 2.58. The maximum atomic E-state index is 5.70. The predicted molar refractivity (Wildman–Crippen MR) is 74.6 cm³/mol. The standard InChI is InChI=1S/C14H18N2S/c1-9(2)12-6-4-11(5-7-12)8-13-10(3)17-14(15)16-13/h4-7,9H,8H2,1-3H3,(H2,15,16). The molecule has 0 bridgehead atoms. The van der Waals surface area contributed by atoms with E-state index in [0.29, 0.717) is 11.0 Å². The molecule has 0 spiro atoms. The number of hydrogen-bond acceptors (Lipinski definition) is 3. The van der Waals surface area contributed by atoms with Gasteiger partial charge < -0.3 is 5.73 Å². The summed E-state index contributed by atoms with van der Waals surface area (Å²) in [6.45, 7) is 6.49. The van der Waals surface area contributed by atoms with Gasteiger partial charge in [-0.3, -0.25) is 0 Å². The molecule has 1 aromatic heterocycles. The van der Waals surface area contributed by atoms with Gasteiger partial charge in [0.2, 0.25) is 0 Å². The highest BCUT2D eigenvalue weighted by Crippen LogP contribution is 2.22. The molecule has 0 amide bonds. The van der Waals surface area contributed by atoms with Gasteiger partial charge >= 0.3 is 0 Å². The molecule has 0 aliphatic rings. The summed E-state index contributed by atoms with van der Waals surface area (Å²) in [7, 11) is 0. The van der Waals surface area contributed by atoms with Crippen LogP contribution in [0.15, 0.2) is 24.3 Å². The van der Waals surface area contributed by atoms with Gasteiger partial charge in [-0.2, -0.15) is 0 Å². The molecule has 0 aliphatic carbocycles. The number of nitrogens with zero attached hydrogens (tertiary/aromatic N) is 1. The average molecular weight is 246 g/mol. The lowest BCUT2D eigenvalue weighted by Crippen LogP contribution is -1.93. The Labute approximate surface area is 107 Å². The van der Waals surface area contributed by atoms with Crippen molar-refractivity contribution >= 4 is 16.5 Å². The zero-order valence-electron chi connectivity index (χ0n) is 10.5. The summed E-state index contributed by atoms with van der Waals surface area (Å²) < 4.78 is 0. The number of anilines is 1. The molecular weight excluding hydrogens is 228 g/mol. The number of aryl methyl sites for hydroxylation is 1. The third-order valence-electron chi connectivity index (χ3n) is 2.93. The van der Waals surface area contributed by atoms with Crippen LogP contribution in [0.5, 0.6) is 0 Å². The second-order valence-corrected chi connectivity index (χ2v) is 5.86. The van der Waals surface area contributed by atoms with Crippen molar-refractivity contribution in [1.29, 1.82) is 0 Å². The molecule has 3 heteroatoms. The Hall–Kier alpha value is -1.35. The molecule has 2 aromatic rings. The Balaban J connectivity index is 2.16. The Morgan fingerprint density at radius 3 is 2.35 bits per heavy atom. The largest absolute Gasteiger partial charge is 0.375 e. The highest BCUT2D eigenvalue weighted by molar-refractivity contribution is 7.15. The van der Waals surface area contributed by atoms with Crippen LogP contribution in [-0.4, -0.2) is 4.98 Å². The zero-order valence-corrected chi connectivity index (χ0v) is 11.3. The van der Waals surface area contributed by atoms with Crippen LogP contribution in [0, 0.1) is 6.92 Å². The number of nitrogen functional groups attached to an aromatic ring is 1. The third-order valence-corrected chi connectivity index (χ3v) is 3.77. The molecule has 90 valence electrons. The Bertz CT molecular complexity index is 497. The lowest BCUT2D eigenvalue weighted by Gasteiger charge is -2.06. The maximum absolute atomic E-state index is 5.70. The van der Waals surface area contributed by atoms with Crippen LogP contribution in [0.4, 0.5) is 5.13 Å². The molecule has 0 saturated carbocycles. The van der Waals surface area contributed by atoms with Gasteiger partial charge in [0.1, 0.15) is 0 Å². The molecule has 2 nitrogen and oxygen atoms in total. The van der Waals surface area contributed by atoms with Crippen LogP contribution in [0.2, 0.25) is 0 Å². The molecule has 0 radical (unpaired) electrons. The fraction of sp³-hybridized carbons (Fsp3) is 0.357. The van der Waals surface area contributed by atoms with Crippen molar-refractivity contribution < 1.29 is 0 Å². The van der Waals surface area contributed by atoms with E-state index in [1.54, 1.807) is 11.3 Å². The second kappa shape index (κ2) is 4.88. The van der Waals surface area contributed by atoms with Crippen LogP contribution in [0.25, 0.3) is 0 Å². The van der Waals surface area contributed by atoms with Crippen LogP contribution in [0.1, 0.15) is 41.5 Å². The number of benzene rings is 1. The molecule has 0 unspecified atom stereocenters. The van der Waals surface area contributed by atoms with E-state index in [1.807, 2.05) is 0 Å². The number of thiazole rings is 1. The van der Waals surface area contributed by atoms with Crippen molar-refractivity contribution in [2.45, 2.75) is 33.1 Å². The van der Waals surface area contributed by atoms with Crippen molar-refractivity contribution in [3.8, 4) is 0 Å². The van der Waals surface area contributed by atoms with E-state index in [9.17, 15) is 0 Å². The van der Waals surface area contributed by atoms with E-state index < -0.39 is 0 Å². The van der Waals surface area contributed by atoms with Crippen molar-refractivity contribution in [3.05, 3.63) is 46.0 Å². The molecule has 1 aromatic carbocycles. The van der Waals surface area contributed by atoms with Crippen molar-refractivity contribution in [1.82, 2.24) is 4.98 Å². The van der Waals surface area contributed by atoms with Gasteiger partial charge in [0, 0.05) is 11.3 Å². The van der Waals surface area contributed by atoms with Crippen LogP contribution >= 0.6 is 11.3 Å². The van der Waals surface area contributed by atoms with Gasteiger partial charge in [0.05, 0.1) is 5.69 Å². The van der Waals surface area contributed by atoms with E-state index >= 15 is 0 Å². The van der Waals surface area contributed by atoms with E-state index in [4.69, 9.17) is 5.73 Å². The van der Waals surface area contributed by atoms with Gasteiger partial charge in [-0.05, 0) is 24.0 Å². The van der Waals surface area contributed by atoms with Crippen LogP contribution in [-0.2, 0) is 6.42 Å². The summed E-state index contributed by atoms with van der Waals surface area (Å²) in [5.41, 5.74) is 9.48. The van der Waals surface area contributed by atoms with Gasteiger partial charge in [-0.15, -0.1) is 11.3 Å². The fourth-order valence-corrected chi connectivity index (χ4v) is 2.53. The van der Waals surface area contributed by atoms with Crippen molar-refractivity contribution in [3.63, 3.8) is 0 Å². The summed E-state index contributed by atoms with van der Waals surface area (Å²) >= 11 is 1.56. The molecule has 2 N–H and O–H groups in total. The van der Waals surface area contributed by atoms with Crippen LogP contribution < -0.4 is 5.73 Å². The smallest absolute Gasteiger partial charge is 0.180 e. The number of nitrogens with two attached hydrogens (primary N) is 1. The van der Waals surface area contributed by atoms with Crippen molar-refractivity contribution in [2.75, 3.05) is 5.73 Å².